The van der Waals surface area contributed by atoms with Crippen molar-refractivity contribution in [3.8, 4) is 0 Å². The lowest BCUT2D eigenvalue weighted by Gasteiger charge is -2.18. The van der Waals surface area contributed by atoms with Crippen LogP contribution >= 0.6 is 11.6 Å². The van der Waals surface area contributed by atoms with Crippen LogP contribution in [0.4, 0.5) is 0 Å². The van der Waals surface area contributed by atoms with Gasteiger partial charge < -0.3 is 0 Å². The lowest BCUT2D eigenvalue weighted by molar-refractivity contribution is 0.473. The molecule has 1 rings (SSSR count). The molecule has 2 atom stereocenters. The Balaban J connectivity index is 2.75. The highest BCUT2D eigenvalue weighted by Gasteiger charge is 2.11. The molecule has 0 aliphatic heterocycles. The highest BCUT2D eigenvalue weighted by atomic mass is 35.5. The maximum atomic E-state index is 5.75. The fraction of sp³-hybridized carbons (Fsp3) is 0.538. The molecule has 0 bridgehead atoms. The SMILES string of the molecule is CCC(C)C(C)c1ccc(CCl)cc1. The molecule has 0 aromatic heterocycles. The van der Waals surface area contributed by atoms with Crippen LogP contribution in [0.25, 0.3) is 0 Å². The van der Waals surface area contributed by atoms with Crippen LogP contribution in [0, 0.1) is 5.92 Å². The number of benzene rings is 1. The quantitative estimate of drug-likeness (QED) is 0.639. The zero-order chi connectivity index (χ0) is 10.6. The van der Waals surface area contributed by atoms with Gasteiger partial charge in [0.25, 0.3) is 0 Å². The number of rotatable bonds is 4. The predicted octanol–water partition coefficient (Wildman–Crippen LogP) is 4.58. The second kappa shape index (κ2) is 5.41. The third-order valence-corrected chi connectivity index (χ3v) is 3.47. The average Bonchev–Trinajstić information content (AvgIpc) is 2.27. The molecule has 0 fully saturated rings. The molecule has 1 aromatic carbocycles. The highest BCUT2D eigenvalue weighted by Crippen LogP contribution is 2.26. The fourth-order valence-electron chi connectivity index (χ4n) is 1.59. The first kappa shape index (κ1) is 11.6. The van der Waals surface area contributed by atoms with Crippen LogP contribution in [0.15, 0.2) is 24.3 Å². The molecule has 0 saturated heterocycles. The van der Waals surface area contributed by atoms with Crippen LogP contribution in [0.5, 0.6) is 0 Å². The van der Waals surface area contributed by atoms with Gasteiger partial charge in [0, 0.05) is 5.88 Å². The number of halogens is 1. The molecule has 14 heavy (non-hydrogen) atoms. The summed E-state index contributed by atoms with van der Waals surface area (Å²) in [6, 6.07) is 8.66. The summed E-state index contributed by atoms with van der Waals surface area (Å²) in [5.74, 6) is 2.00. The van der Waals surface area contributed by atoms with E-state index in [1.54, 1.807) is 0 Å². The molecule has 0 heterocycles. The molecule has 0 radical (unpaired) electrons. The Bertz CT molecular complexity index is 263. The summed E-state index contributed by atoms with van der Waals surface area (Å²) in [5, 5.41) is 0. The molecule has 0 saturated carbocycles. The Morgan fingerprint density at radius 2 is 1.71 bits per heavy atom. The van der Waals surface area contributed by atoms with E-state index in [9.17, 15) is 0 Å². The molecule has 1 heteroatoms. The lowest BCUT2D eigenvalue weighted by atomic mass is 9.87. The molecule has 0 amide bonds. The predicted molar refractivity (Wildman–Crippen MR) is 63.9 cm³/mol. The Hall–Kier alpha value is -0.490. The summed E-state index contributed by atoms with van der Waals surface area (Å²) in [6.07, 6.45) is 1.23. The first-order valence-corrected chi connectivity index (χ1v) is 5.87. The van der Waals surface area contributed by atoms with Crippen LogP contribution in [0.2, 0.25) is 0 Å². The van der Waals surface area contributed by atoms with Gasteiger partial charge in [-0.1, -0.05) is 51.5 Å². The van der Waals surface area contributed by atoms with Gasteiger partial charge >= 0.3 is 0 Å². The van der Waals surface area contributed by atoms with Crippen molar-refractivity contribution in [2.24, 2.45) is 5.92 Å². The molecule has 0 aliphatic carbocycles. The molecular formula is C13H19Cl. The van der Waals surface area contributed by atoms with E-state index in [1.807, 2.05) is 0 Å². The highest BCUT2D eigenvalue weighted by molar-refractivity contribution is 6.17. The molecular weight excluding hydrogens is 192 g/mol. The molecule has 0 N–H and O–H groups in total. The van der Waals surface area contributed by atoms with E-state index in [1.165, 1.54) is 17.5 Å². The number of alkyl halides is 1. The molecule has 78 valence electrons. The smallest absolute Gasteiger partial charge is 0.0474 e. The van der Waals surface area contributed by atoms with Crippen molar-refractivity contribution >= 4 is 11.6 Å². The summed E-state index contributed by atoms with van der Waals surface area (Å²) >= 11 is 5.75. The van der Waals surface area contributed by atoms with E-state index < -0.39 is 0 Å². The van der Waals surface area contributed by atoms with E-state index >= 15 is 0 Å². The molecule has 1 aromatic rings. The van der Waals surface area contributed by atoms with Crippen LogP contribution in [0.1, 0.15) is 44.2 Å². The van der Waals surface area contributed by atoms with Crippen molar-refractivity contribution in [3.05, 3.63) is 35.4 Å². The molecule has 0 spiro atoms. The number of hydrogen-bond acceptors (Lipinski definition) is 0. The monoisotopic (exact) mass is 210 g/mol. The van der Waals surface area contributed by atoms with Gasteiger partial charge in [0.1, 0.15) is 0 Å². The minimum absolute atomic E-state index is 0.609. The van der Waals surface area contributed by atoms with Gasteiger partial charge in [-0.15, -0.1) is 11.6 Å². The van der Waals surface area contributed by atoms with Crippen molar-refractivity contribution < 1.29 is 0 Å². The maximum absolute atomic E-state index is 5.75. The van der Waals surface area contributed by atoms with Gasteiger partial charge in [0.15, 0.2) is 0 Å². The Kier molecular flexibility index (Phi) is 4.47. The van der Waals surface area contributed by atoms with Gasteiger partial charge in [0.05, 0.1) is 0 Å². The molecule has 0 aliphatic rings. The lowest BCUT2D eigenvalue weighted by Crippen LogP contribution is -2.04. The minimum Gasteiger partial charge on any atom is -0.122 e. The summed E-state index contributed by atoms with van der Waals surface area (Å²) in [5.41, 5.74) is 2.62. The minimum atomic E-state index is 0.609. The topological polar surface area (TPSA) is 0 Å². The summed E-state index contributed by atoms with van der Waals surface area (Å²) in [4.78, 5) is 0. The van der Waals surface area contributed by atoms with E-state index in [2.05, 4.69) is 45.0 Å². The summed E-state index contributed by atoms with van der Waals surface area (Å²) in [6.45, 7) is 6.85. The van der Waals surface area contributed by atoms with Crippen LogP contribution < -0.4 is 0 Å². The van der Waals surface area contributed by atoms with Gasteiger partial charge in [-0.05, 0) is 23.0 Å². The van der Waals surface area contributed by atoms with E-state index in [0.29, 0.717) is 11.8 Å². The maximum Gasteiger partial charge on any atom is 0.0474 e. The third-order valence-electron chi connectivity index (χ3n) is 3.16. The van der Waals surface area contributed by atoms with Crippen LogP contribution in [0.3, 0.4) is 0 Å². The number of hydrogen-bond donors (Lipinski definition) is 0. The summed E-state index contributed by atoms with van der Waals surface area (Å²) in [7, 11) is 0. The van der Waals surface area contributed by atoms with Crippen LogP contribution in [-0.2, 0) is 5.88 Å². The standard InChI is InChI=1S/C13H19Cl/c1-4-10(2)11(3)13-7-5-12(9-14)6-8-13/h5-8,10-11H,4,9H2,1-3H3. The second-order valence-corrected chi connectivity index (χ2v) is 4.32. The van der Waals surface area contributed by atoms with E-state index in [0.717, 1.165) is 5.92 Å². The fourth-order valence-corrected chi connectivity index (χ4v) is 1.77. The van der Waals surface area contributed by atoms with Crippen molar-refractivity contribution in [2.75, 3.05) is 0 Å². The molecule has 2 unspecified atom stereocenters. The van der Waals surface area contributed by atoms with Crippen LogP contribution in [-0.4, -0.2) is 0 Å². The Labute approximate surface area is 92.3 Å². The van der Waals surface area contributed by atoms with Gasteiger partial charge in [0.2, 0.25) is 0 Å². The first-order valence-electron chi connectivity index (χ1n) is 5.33. The van der Waals surface area contributed by atoms with Crippen molar-refractivity contribution in [1.29, 1.82) is 0 Å². The Morgan fingerprint density at radius 1 is 1.14 bits per heavy atom. The zero-order valence-electron chi connectivity index (χ0n) is 9.26. The first-order chi connectivity index (χ1) is 6.69. The largest absolute Gasteiger partial charge is 0.122 e. The second-order valence-electron chi connectivity index (χ2n) is 4.05. The van der Waals surface area contributed by atoms with Gasteiger partial charge in [-0.2, -0.15) is 0 Å². The van der Waals surface area contributed by atoms with Crippen molar-refractivity contribution in [1.82, 2.24) is 0 Å². The van der Waals surface area contributed by atoms with Gasteiger partial charge in [-0.3, -0.25) is 0 Å². The Morgan fingerprint density at radius 3 is 2.14 bits per heavy atom. The van der Waals surface area contributed by atoms with Crippen molar-refractivity contribution in [3.63, 3.8) is 0 Å². The third kappa shape index (κ3) is 2.75. The molecule has 0 nitrogen and oxygen atoms in total. The normalized spacial score (nSPS) is 15.1. The average molecular weight is 211 g/mol. The van der Waals surface area contributed by atoms with E-state index in [4.69, 9.17) is 11.6 Å². The zero-order valence-corrected chi connectivity index (χ0v) is 10.0. The van der Waals surface area contributed by atoms with Gasteiger partial charge in [-0.25, -0.2) is 0 Å². The summed E-state index contributed by atoms with van der Waals surface area (Å²) < 4.78 is 0. The van der Waals surface area contributed by atoms with Crippen molar-refractivity contribution in [2.45, 2.75) is 39.0 Å². The van der Waals surface area contributed by atoms with E-state index in [-0.39, 0.29) is 0 Å².